The average molecular weight is 445 g/mol. The van der Waals surface area contributed by atoms with Crippen LogP contribution in [-0.4, -0.2) is 61.6 Å². The van der Waals surface area contributed by atoms with Gasteiger partial charge < -0.3 is 19.3 Å². The van der Waals surface area contributed by atoms with Gasteiger partial charge >= 0.3 is 0 Å². The van der Waals surface area contributed by atoms with Crippen LogP contribution < -0.4 is 4.74 Å². The fourth-order valence-corrected chi connectivity index (χ4v) is 4.86. The van der Waals surface area contributed by atoms with Crippen molar-refractivity contribution in [2.75, 3.05) is 40.0 Å². The maximum atomic E-state index is 13.3. The summed E-state index contributed by atoms with van der Waals surface area (Å²) in [5.41, 5.74) is 2.23. The molecule has 0 bridgehead atoms. The summed E-state index contributed by atoms with van der Waals surface area (Å²) in [7, 11) is 1.64. The van der Waals surface area contributed by atoms with Gasteiger partial charge in [-0.2, -0.15) is 0 Å². The van der Waals surface area contributed by atoms with Crippen molar-refractivity contribution in [3.63, 3.8) is 0 Å². The lowest BCUT2D eigenvalue weighted by molar-refractivity contribution is -0.142. The van der Waals surface area contributed by atoms with Crippen LogP contribution in [0.15, 0.2) is 35.7 Å². The molecule has 1 atom stereocenters. The standard InChI is InChI=1S/C24H32N2O4S/c1-4-23(27)25(12-7-14-29-3)16-24(28)26-13-10-22-19(11-15-31-22)20(26)17-30-21-9-6-5-8-18(21)2/h5-6,8-9,11,15,20H,4,7,10,12-14,16-17H2,1-3H3/t20-/m0/s1. The molecule has 0 radical (unpaired) electrons. The van der Waals surface area contributed by atoms with Gasteiger partial charge in [0.1, 0.15) is 12.4 Å². The quantitative estimate of drug-likeness (QED) is 0.523. The molecule has 0 unspecified atom stereocenters. The fraction of sp³-hybridized carbons (Fsp3) is 0.500. The third kappa shape index (κ3) is 5.86. The molecular formula is C24H32N2O4S. The van der Waals surface area contributed by atoms with Gasteiger partial charge in [0.15, 0.2) is 0 Å². The molecule has 0 aliphatic carbocycles. The molecule has 2 heterocycles. The Hall–Kier alpha value is -2.38. The zero-order valence-corrected chi connectivity index (χ0v) is 19.5. The number of hydrogen-bond donors (Lipinski definition) is 0. The van der Waals surface area contributed by atoms with Crippen LogP contribution in [0.3, 0.4) is 0 Å². The van der Waals surface area contributed by atoms with Crippen molar-refractivity contribution >= 4 is 23.2 Å². The van der Waals surface area contributed by atoms with Crippen LogP contribution in [0.2, 0.25) is 0 Å². The Morgan fingerprint density at radius 2 is 2.06 bits per heavy atom. The highest BCUT2D eigenvalue weighted by Gasteiger charge is 2.33. The maximum absolute atomic E-state index is 13.3. The smallest absolute Gasteiger partial charge is 0.242 e. The van der Waals surface area contributed by atoms with Crippen LogP contribution in [0.25, 0.3) is 0 Å². The van der Waals surface area contributed by atoms with E-state index in [4.69, 9.17) is 9.47 Å². The monoisotopic (exact) mass is 444 g/mol. The summed E-state index contributed by atoms with van der Waals surface area (Å²) in [4.78, 5) is 30.6. The molecule has 31 heavy (non-hydrogen) atoms. The van der Waals surface area contributed by atoms with Gasteiger partial charge in [-0.25, -0.2) is 0 Å². The summed E-state index contributed by atoms with van der Waals surface area (Å²) in [5.74, 6) is 0.791. The zero-order valence-electron chi connectivity index (χ0n) is 18.6. The van der Waals surface area contributed by atoms with Crippen molar-refractivity contribution in [1.82, 2.24) is 9.80 Å². The number of rotatable bonds is 10. The molecule has 6 nitrogen and oxygen atoms in total. The number of thiophene rings is 1. The van der Waals surface area contributed by atoms with E-state index in [0.717, 1.165) is 23.3 Å². The van der Waals surface area contributed by atoms with E-state index < -0.39 is 0 Å². The van der Waals surface area contributed by atoms with Crippen molar-refractivity contribution in [3.8, 4) is 5.75 Å². The minimum atomic E-state index is -0.153. The molecule has 0 fully saturated rings. The van der Waals surface area contributed by atoms with Crippen molar-refractivity contribution < 1.29 is 19.1 Å². The van der Waals surface area contributed by atoms with Crippen LogP contribution >= 0.6 is 11.3 Å². The van der Waals surface area contributed by atoms with E-state index in [2.05, 4.69) is 11.4 Å². The molecule has 0 N–H and O–H groups in total. The van der Waals surface area contributed by atoms with E-state index in [1.165, 1.54) is 4.88 Å². The van der Waals surface area contributed by atoms with E-state index in [0.29, 0.717) is 39.1 Å². The first-order chi connectivity index (χ1) is 15.0. The van der Waals surface area contributed by atoms with Crippen LogP contribution in [0.1, 0.15) is 41.8 Å². The molecule has 0 spiro atoms. The molecular weight excluding hydrogens is 412 g/mol. The third-order valence-corrected chi connectivity index (χ3v) is 6.66. The number of nitrogens with zero attached hydrogens (tertiary/aromatic N) is 2. The minimum absolute atomic E-state index is 0.00889. The summed E-state index contributed by atoms with van der Waals surface area (Å²) >= 11 is 1.73. The zero-order chi connectivity index (χ0) is 22.2. The highest BCUT2D eigenvalue weighted by molar-refractivity contribution is 7.10. The number of carbonyl (C=O) groups excluding carboxylic acids is 2. The number of ether oxygens (including phenoxy) is 2. The predicted octanol–water partition coefficient (Wildman–Crippen LogP) is 3.84. The number of amides is 2. The second kappa shape index (κ2) is 11.3. The molecule has 168 valence electrons. The van der Waals surface area contributed by atoms with Crippen LogP contribution in [0.4, 0.5) is 0 Å². The maximum Gasteiger partial charge on any atom is 0.242 e. The van der Waals surface area contributed by atoms with Gasteiger partial charge in [0.25, 0.3) is 0 Å². The van der Waals surface area contributed by atoms with Gasteiger partial charge in [-0.3, -0.25) is 9.59 Å². The van der Waals surface area contributed by atoms with Gasteiger partial charge in [-0.1, -0.05) is 25.1 Å². The number of aryl methyl sites for hydroxylation is 1. The van der Waals surface area contributed by atoms with Crippen molar-refractivity contribution in [1.29, 1.82) is 0 Å². The number of methoxy groups -OCH3 is 1. The molecule has 1 aromatic carbocycles. The number of hydrogen-bond acceptors (Lipinski definition) is 5. The number of fused-ring (bicyclic) bond motifs is 1. The Morgan fingerprint density at radius 1 is 1.26 bits per heavy atom. The third-order valence-electron chi connectivity index (χ3n) is 5.66. The second-order valence-corrected chi connectivity index (χ2v) is 8.74. The minimum Gasteiger partial charge on any atom is -0.491 e. The molecule has 3 rings (SSSR count). The topological polar surface area (TPSA) is 59.1 Å². The summed E-state index contributed by atoms with van der Waals surface area (Å²) in [6, 6.07) is 9.85. The Bertz CT molecular complexity index is 882. The van der Waals surface area contributed by atoms with Crippen LogP contribution in [-0.2, 0) is 20.7 Å². The first-order valence-corrected chi connectivity index (χ1v) is 11.7. The lowest BCUT2D eigenvalue weighted by atomic mass is 10.00. The Labute approximate surface area is 188 Å². The van der Waals surface area contributed by atoms with Crippen LogP contribution in [0.5, 0.6) is 5.75 Å². The fourth-order valence-electron chi connectivity index (χ4n) is 3.93. The van der Waals surface area contributed by atoms with Gasteiger partial charge in [0.05, 0.1) is 12.6 Å². The molecule has 1 aromatic heterocycles. The second-order valence-electron chi connectivity index (χ2n) is 7.74. The van der Waals surface area contributed by atoms with E-state index in [-0.39, 0.29) is 24.4 Å². The highest BCUT2D eigenvalue weighted by atomic mass is 32.1. The van der Waals surface area contributed by atoms with Crippen molar-refractivity contribution in [3.05, 3.63) is 51.7 Å². The summed E-state index contributed by atoms with van der Waals surface area (Å²) < 4.78 is 11.3. The molecule has 1 aliphatic rings. The molecule has 1 aliphatic heterocycles. The van der Waals surface area contributed by atoms with Crippen molar-refractivity contribution in [2.24, 2.45) is 0 Å². The number of benzene rings is 1. The Kier molecular flexibility index (Phi) is 8.49. The van der Waals surface area contributed by atoms with E-state index >= 15 is 0 Å². The van der Waals surface area contributed by atoms with E-state index in [1.807, 2.05) is 43.0 Å². The summed E-state index contributed by atoms with van der Waals surface area (Å²) in [6.07, 6.45) is 1.93. The van der Waals surface area contributed by atoms with Crippen molar-refractivity contribution in [2.45, 2.75) is 39.2 Å². The normalized spacial score (nSPS) is 15.5. The van der Waals surface area contributed by atoms with Crippen LogP contribution in [0, 0.1) is 6.92 Å². The molecule has 0 saturated heterocycles. The van der Waals surface area contributed by atoms with Gasteiger partial charge in [0, 0.05) is 38.1 Å². The first kappa shape index (κ1) is 23.3. The van der Waals surface area contributed by atoms with E-state index in [9.17, 15) is 9.59 Å². The van der Waals surface area contributed by atoms with E-state index in [1.54, 1.807) is 23.3 Å². The Balaban J connectivity index is 1.74. The lowest BCUT2D eigenvalue weighted by Gasteiger charge is -2.37. The van der Waals surface area contributed by atoms with Gasteiger partial charge in [-0.15, -0.1) is 11.3 Å². The highest BCUT2D eigenvalue weighted by Crippen LogP contribution is 2.34. The number of para-hydroxylation sites is 1. The largest absolute Gasteiger partial charge is 0.491 e. The Morgan fingerprint density at radius 3 is 2.81 bits per heavy atom. The average Bonchev–Trinajstić information content (AvgIpc) is 3.26. The number of carbonyl (C=O) groups is 2. The lowest BCUT2D eigenvalue weighted by Crippen LogP contribution is -2.48. The SMILES string of the molecule is CCC(=O)N(CCCOC)CC(=O)N1CCc2sccc2[C@@H]1COc1ccccc1C. The molecule has 7 heteroatoms. The first-order valence-electron chi connectivity index (χ1n) is 10.9. The predicted molar refractivity (Wildman–Crippen MR) is 123 cm³/mol. The molecule has 2 aromatic rings. The summed E-state index contributed by atoms with van der Waals surface area (Å²) in [5, 5.41) is 2.08. The summed E-state index contributed by atoms with van der Waals surface area (Å²) in [6.45, 7) is 6.06. The molecule has 0 saturated carbocycles. The van der Waals surface area contributed by atoms with Gasteiger partial charge in [-0.05, 0) is 48.4 Å². The molecule has 2 amide bonds. The van der Waals surface area contributed by atoms with Gasteiger partial charge in [0.2, 0.25) is 11.8 Å².